The minimum Gasteiger partial charge on any atom is -0.399 e. The Balaban J connectivity index is 1.95. The summed E-state index contributed by atoms with van der Waals surface area (Å²) < 4.78 is 0.992. The summed E-state index contributed by atoms with van der Waals surface area (Å²) in [7, 11) is 0. The second-order valence-corrected chi connectivity index (χ2v) is 7.18. The molecule has 0 aliphatic heterocycles. The van der Waals surface area contributed by atoms with Gasteiger partial charge in [0.15, 0.2) is 5.13 Å². The molecule has 0 spiro atoms. The molecule has 0 unspecified atom stereocenters. The van der Waals surface area contributed by atoms with Crippen molar-refractivity contribution in [2.45, 2.75) is 25.5 Å². The first-order valence-electron chi connectivity index (χ1n) is 6.12. The van der Waals surface area contributed by atoms with Crippen LogP contribution in [0, 0.1) is 0 Å². The number of nitrogen functional groups attached to an aromatic ring is 1. The largest absolute Gasteiger partial charge is 0.399 e. The van der Waals surface area contributed by atoms with E-state index in [4.69, 9.17) is 5.73 Å². The summed E-state index contributed by atoms with van der Waals surface area (Å²) in [6, 6.07) is 5.55. The molecule has 1 heterocycles. The van der Waals surface area contributed by atoms with Gasteiger partial charge in [0, 0.05) is 17.9 Å². The first-order valence-corrected chi connectivity index (χ1v) is 7.98. The van der Waals surface area contributed by atoms with Crippen molar-refractivity contribution in [1.29, 1.82) is 0 Å². The average Bonchev–Trinajstić information content (AvgIpc) is 2.69. The fraction of sp³-hybridized carbons (Fsp3) is 0.385. The van der Waals surface area contributed by atoms with Crippen molar-refractivity contribution >= 4 is 50.0 Å². The Kier molecular flexibility index (Phi) is 4.66. The van der Waals surface area contributed by atoms with Crippen molar-refractivity contribution in [1.82, 2.24) is 4.98 Å². The maximum atomic E-state index is 11.8. The lowest BCUT2D eigenvalue weighted by atomic mass is 10.3. The van der Waals surface area contributed by atoms with Crippen LogP contribution >= 0.6 is 23.1 Å². The summed E-state index contributed by atoms with van der Waals surface area (Å²) in [6.45, 7) is 4.25. The van der Waals surface area contributed by atoms with Gasteiger partial charge in [0.25, 0.3) is 0 Å². The SMILES string of the molecule is CC(C)SCCC(=O)Nc1nc2ccc(N)cc2s1. The van der Waals surface area contributed by atoms with Crippen LogP contribution in [0.15, 0.2) is 18.2 Å². The monoisotopic (exact) mass is 295 g/mol. The minimum atomic E-state index is 0.0141. The minimum absolute atomic E-state index is 0.0141. The molecule has 0 bridgehead atoms. The summed E-state index contributed by atoms with van der Waals surface area (Å²) in [5.74, 6) is 0.849. The van der Waals surface area contributed by atoms with Crippen LogP contribution in [0.4, 0.5) is 10.8 Å². The molecule has 2 aromatic rings. The molecule has 1 amide bonds. The number of anilines is 2. The number of thiazole rings is 1. The van der Waals surface area contributed by atoms with E-state index >= 15 is 0 Å². The van der Waals surface area contributed by atoms with Crippen LogP contribution in [0.5, 0.6) is 0 Å². The zero-order chi connectivity index (χ0) is 13.8. The highest BCUT2D eigenvalue weighted by Gasteiger charge is 2.08. The van der Waals surface area contributed by atoms with Gasteiger partial charge >= 0.3 is 0 Å². The average molecular weight is 295 g/mol. The Morgan fingerprint density at radius 3 is 3.05 bits per heavy atom. The van der Waals surface area contributed by atoms with Gasteiger partial charge in [-0.15, -0.1) is 0 Å². The maximum absolute atomic E-state index is 11.8. The fourth-order valence-corrected chi connectivity index (χ4v) is 3.27. The summed E-state index contributed by atoms with van der Waals surface area (Å²) in [6.07, 6.45) is 0.515. The van der Waals surface area contributed by atoms with Gasteiger partial charge in [-0.25, -0.2) is 4.98 Å². The molecule has 3 N–H and O–H groups in total. The van der Waals surface area contributed by atoms with Gasteiger partial charge < -0.3 is 11.1 Å². The molecule has 102 valence electrons. The van der Waals surface area contributed by atoms with Crippen LogP contribution in [0.3, 0.4) is 0 Å². The van der Waals surface area contributed by atoms with Crippen molar-refractivity contribution in [3.8, 4) is 0 Å². The standard InChI is InChI=1S/C13H17N3OS2/c1-8(2)18-6-5-12(17)16-13-15-10-4-3-9(14)7-11(10)19-13/h3-4,7-8H,5-6,14H2,1-2H3,(H,15,16,17). The molecule has 19 heavy (non-hydrogen) atoms. The highest BCUT2D eigenvalue weighted by Crippen LogP contribution is 2.27. The number of nitrogens with zero attached hydrogens (tertiary/aromatic N) is 1. The number of thioether (sulfide) groups is 1. The smallest absolute Gasteiger partial charge is 0.226 e. The Labute approximate surface area is 120 Å². The molecule has 0 saturated heterocycles. The number of nitrogens with two attached hydrogens (primary N) is 1. The van der Waals surface area contributed by atoms with E-state index in [9.17, 15) is 4.79 Å². The van der Waals surface area contributed by atoms with E-state index in [0.29, 0.717) is 22.5 Å². The van der Waals surface area contributed by atoms with Crippen LogP contribution in [-0.4, -0.2) is 21.9 Å². The van der Waals surface area contributed by atoms with E-state index < -0.39 is 0 Å². The molecule has 6 heteroatoms. The molecule has 1 aromatic carbocycles. The van der Waals surface area contributed by atoms with Crippen molar-refractivity contribution < 1.29 is 4.79 Å². The fourth-order valence-electron chi connectivity index (χ4n) is 1.56. The second kappa shape index (κ2) is 6.25. The van der Waals surface area contributed by atoms with E-state index in [1.807, 2.05) is 18.2 Å². The number of nitrogens with one attached hydrogen (secondary N) is 1. The Morgan fingerprint density at radius 2 is 2.32 bits per heavy atom. The number of benzene rings is 1. The lowest BCUT2D eigenvalue weighted by molar-refractivity contribution is -0.115. The van der Waals surface area contributed by atoms with Gasteiger partial charge in [-0.05, 0) is 23.4 Å². The van der Waals surface area contributed by atoms with Crippen molar-refractivity contribution in [3.63, 3.8) is 0 Å². The van der Waals surface area contributed by atoms with Crippen LogP contribution in [0.1, 0.15) is 20.3 Å². The third-order valence-electron chi connectivity index (χ3n) is 2.44. The molecule has 0 saturated carbocycles. The number of fused-ring (bicyclic) bond motifs is 1. The highest BCUT2D eigenvalue weighted by atomic mass is 32.2. The summed E-state index contributed by atoms with van der Waals surface area (Å²) >= 11 is 3.23. The number of hydrogen-bond donors (Lipinski definition) is 2. The van der Waals surface area contributed by atoms with Gasteiger partial charge in [-0.3, -0.25) is 4.79 Å². The molecule has 2 rings (SSSR count). The third-order valence-corrected chi connectivity index (χ3v) is 4.48. The molecule has 4 nitrogen and oxygen atoms in total. The third kappa shape index (κ3) is 4.11. The van der Waals surface area contributed by atoms with E-state index in [1.165, 1.54) is 11.3 Å². The lowest BCUT2D eigenvalue weighted by Gasteiger charge is -2.04. The maximum Gasteiger partial charge on any atom is 0.226 e. The molecule has 0 fully saturated rings. The Bertz CT molecular complexity index is 580. The zero-order valence-corrected chi connectivity index (χ0v) is 12.6. The number of amides is 1. The predicted molar refractivity (Wildman–Crippen MR) is 84.9 cm³/mol. The van der Waals surface area contributed by atoms with Crippen LogP contribution in [0.2, 0.25) is 0 Å². The number of hydrogen-bond acceptors (Lipinski definition) is 5. The molecule has 0 atom stereocenters. The number of carbonyl (C=O) groups excluding carboxylic acids is 1. The van der Waals surface area contributed by atoms with Crippen molar-refractivity contribution in [2.75, 3.05) is 16.8 Å². The van der Waals surface area contributed by atoms with Gasteiger partial charge in [-0.1, -0.05) is 25.2 Å². The van der Waals surface area contributed by atoms with E-state index in [0.717, 1.165) is 16.0 Å². The van der Waals surface area contributed by atoms with Crippen LogP contribution in [0.25, 0.3) is 10.2 Å². The van der Waals surface area contributed by atoms with E-state index in [-0.39, 0.29) is 5.91 Å². The predicted octanol–water partition coefficient (Wildman–Crippen LogP) is 3.35. The Hall–Kier alpha value is -1.27. The first-order chi connectivity index (χ1) is 9.04. The topological polar surface area (TPSA) is 68.0 Å². The normalized spacial score (nSPS) is 11.1. The highest BCUT2D eigenvalue weighted by molar-refractivity contribution is 7.99. The van der Waals surface area contributed by atoms with Crippen molar-refractivity contribution in [2.24, 2.45) is 0 Å². The summed E-state index contributed by atoms with van der Waals surface area (Å²) in [5.41, 5.74) is 7.29. The quantitative estimate of drug-likeness (QED) is 0.830. The van der Waals surface area contributed by atoms with Gasteiger partial charge in [0.1, 0.15) is 0 Å². The van der Waals surface area contributed by atoms with E-state index in [2.05, 4.69) is 24.1 Å². The van der Waals surface area contributed by atoms with Gasteiger partial charge in [0.05, 0.1) is 10.2 Å². The molecule has 0 radical (unpaired) electrons. The van der Waals surface area contributed by atoms with Crippen molar-refractivity contribution in [3.05, 3.63) is 18.2 Å². The molecule has 0 aliphatic carbocycles. The molecular formula is C13H17N3OS2. The summed E-state index contributed by atoms with van der Waals surface area (Å²) in [5, 5.41) is 4.03. The number of rotatable bonds is 5. The second-order valence-electron chi connectivity index (χ2n) is 4.46. The molecule has 1 aromatic heterocycles. The Morgan fingerprint density at radius 1 is 1.53 bits per heavy atom. The summed E-state index contributed by atoms with van der Waals surface area (Å²) in [4.78, 5) is 16.1. The molecule has 0 aliphatic rings. The number of aromatic nitrogens is 1. The lowest BCUT2D eigenvalue weighted by Crippen LogP contribution is -2.12. The van der Waals surface area contributed by atoms with Gasteiger partial charge in [-0.2, -0.15) is 11.8 Å². The number of carbonyl (C=O) groups is 1. The first kappa shape index (κ1) is 14.1. The van der Waals surface area contributed by atoms with Crippen LogP contribution < -0.4 is 11.1 Å². The van der Waals surface area contributed by atoms with E-state index in [1.54, 1.807) is 11.8 Å². The van der Waals surface area contributed by atoms with Crippen LogP contribution in [-0.2, 0) is 4.79 Å². The molecular weight excluding hydrogens is 278 g/mol. The van der Waals surface area contributed by atoms with Gasteiger partial charge in [0.2, 0.25) is 5.91 Å². The zero-order valence-electron chi connectivity index (χ0n) is 11.0.